The van der Waals surface area contributed by atoms with Crippen LogP contribution in [0.2, 0.25) is 0 Å². The van der Waals surface area contributed by atoms with Crippen LogP contribution in [-0.4, -0.2) is 66.4 Å². The van der Waals surface area contributed by atoms with Gasteiger partial charge in [-0.3, -0.25) is 14.5 Å². The first kappa shape index (κ1) is 26.6. The van der Waals surface area contributed by atoms with E-state index in [1.165, 1.54) is 9.58 Å². The first-order valence-electron chi connectivity index (χ1n) is 13.6. The van der Waals surface area contributed by atoms with Crippen LogP contribution in [0, 0.1) is 0 Å². The number of para-hydroxylation sites is 1. The SMILES string of the molecule is COc1ccc([C@H](C(=O)NC[C@H]2CCCO2)N(C(=O)Cn2nnc3ccccc32)c2ccc3c(c2)OCCO3)cc1. The fourth-order valence-corrected chi connectivity index (χ4v) is 5.18. The van der Waals surface area contributed by atoms with Gasteiger partial charge in [0.25, 0.3) is 0 Å². The number of ether oxygens (including phenoxy) is 4. The molecule has 0 radical (unpaired) electrons. The van der Waals surface area contributed by atoms with E-state index in [4.69, 9.17) is 18.9 Å². The molecule has 2 atom stereocenters. The van der Waals surface area contributed by atoms with Gasteiger partial charge in [-0.05, 0) is 54.8 Å². The second-order valence-corrected chi connectivity index (χ2v) is 9.88. The summed E-state index contributed by atoms with van der Waals surface area (Å²) in [5.41, 5.74) is 2.48. The molecular weight excluding hydrogens is 526 g/mol. The standard InChI is InChI=1S/C30H31N5O6/c1-38-22-11-8-20(9-12-22)29(30(37)31-18-23-5-4-14-39-23)35(21-10-13-26-27(17-21)41-16-15-40-26)28(36)19-34-25-7-3-2-6-24(25)32-33-34/h2-3,6-13,17,23,29H,4-5,14-16,18-19H2,1H3,(H,31,37)/t23-,29-/m1/s1. The molecule has 6 rings (SSSR count). The summed E-state index contributed by atoms with van der Waals surface area (Å²) < 4.78 is 24.1. The highest BCUT2D eigenvalue weighted by atomic mass is 16.6. The summed E-state index contributed by atoms with van der Waals surface area (Å²) in [6.07, 6.45) is 1.77. The number of carbonyl (C=O) groups excluding carboxylic acids is 2. The fourth-order valence-electron chi connectivity index (χ4n) is 5.18. The number of benzene rings is 3. The van der Waals surface area contributed by atoms with Crippen LogP contribution >= 0.6 is 0 Å². The Kier molecular flexibility index (Phi) is 7.68. The number of fused-ring (bicyclic) bond motifs is 2. The molecule has 0 saturated carbocycles. The van der Waals surface area contributed by atoms with Crippen LogP contribution in [0.1, 0.15) is 24.4 Å². The Morgan fingerprint density at radius 3 is 2.63 bits per heavy atom. The summed E-state index contributed by atoms with van der Waals surface area (Å²) in [5, 5.41) is 11.4. The number of hydrogen-bond acceptors (Lipinski definition) is 8. The molecule has 0 unspecified atom stereocenters. The Balaban J connectivity index is 1.41. The van der Waals surface area contributed by atoms with Crippen LogP contribution in [-0.2, 0) is 20.9 Å². The van der Waals surface area contributed by atoms with E-state index in [-0.39, 0.29) is 24.5 Å². The number of methoxy groups -OCH3 is 1. The predicted molar refractivity (Wildman–Crippen MR) is 150 cm³/mol. The van der Waals surface area contributed by atoms with Crippen molar-refractivity contribution in [3.05, 3.63) is 72.3 Å². The zero-order chi connectivity index (χ0) is 28.2. The molecule has 0 spiro atoms. The van der Waals surface area contributed by atoms with Crippen molar-refractivity contribution in [2.45, 2.75) is 31.5 Å². The first-order valence-corrected chi connectivity index (χ1v) is 13.6. The normalized spacial score (nSPS) is 16.8. The van der Waals surface area contributed by atoms with E-state index in [1.54, 1.807) is 49.6 Å². The summed E-state index contributed by atoms with van der Waals surface area (Å²) in [6, 6.07) is 18.8. The number of nitrogens with one attached hydrogen (secondary N) is 1. The molecule has 1 saturated heterocycles. The molecule has 4 aromatic rings. The van der Waals surface area contributed by atoms with E-state index in [9.17, 15) is 9.59 Å². The number of rotatable bonds is 9. The van der Waals surface area contributed by atoms with Crippen LogP contribution in [0.4, 0.5) is 5.69 Å². The molecule has 0 aliphatic carbocycles. The van der Waals surface area contributed by atoms with Gasteiger partial charge in [-0.2, -0.15) is 0 Å². The number of nitrogens with zero attached hydrogens (tertiary/aromatic N) is 4. The van der Waals surface area contributed by atoms with E-state index in [0.717, 1.165) is 12.8 Å². The van der Waals surface area contributed by atoms with Crippen molar-refractivity contribution in [1.29, 1.82) is 0 Å². The minimum atomic E-state index is -1.01. The second kappa shape index (κ2) is 11.8. The maximum Gasteiger partial charge on any atom is 0.249 e. The van der Waals surface area contributed by atoms with Crippen molar-refractivity contribution in [3.63, 3.8) is 0 Å². The molecule has 1 aromatic heterocycles. The summed E-state index contributed by atoms with van der Waals surface area (Å²) in [7, 11) is 1.58. The highest BCUT2D eigenvalue weighted by molar-refractivity contribution is 6.01. The third-order valence-corrected chi connectivity index (χ3v) is 7.24. The van der Waals surface area contributed by atoms with Crippen molar-refractivity contribution in [2.24, 2.45) is 0 Å². The Morgan fingerprint density at radius 2 is 1.85 bits per heavy atom. The molecule has 0 bridgehead atoms. The van der Waals surface area contributed by atoms with Gasteiger partial charge >= 0.3 is 0 Å². The van der Waals surface area contributed by atoms with Gasteiger partial charge in [0.1, 0.15) is 37.1 Å². The lowest BCUT2D eigenvalue weighted by Gasteiger charge is -2.32. The Labute approximate surface area is 236 Å². The van der Waals surface area contributed by atoms with Crippen molar-refractivity contribution in [1.82, 2.24) is 20.3 Å². The Morgan fingerprint density at radius 1 is 1.05 bits per heavy atom. The zero-order valence-corrected chi connectivity index (χ0v) is 22.7. The van der Waals surface area contributed by atoms with Gasteiger partial charge in [0.2, 0.25) is 11.8 Å². The summed E-state index contributed by atoms with van der Waals surface area (Å²) >= 11 is 0. The minimum absolute atomic E-state index is 0.0598. The quantitative estimate of drug-likeness (QED) is 0.333. The molecule has 11 nitrogen and oxygen atoms in total. The highest BCUT2D eigenvalue weighted by Gasteiger charge is 2.34. The van der Waals surface area contributed by atoms with Gasteiger partial charge in [0, 0.05) is 24.9 Å². The maximum atomic E-state index is 14.3. The molecule has 2 aliphatic rings. The fraction of sp³-hybridized carbons (Fsp3) is 0.333. The molecule has 3 heterocycles. The van der Waals surface area contributed by atoms with E-state index in [2.05, 4.69) is 15.6 Å². The number of carbonyl (C=O) groups is 2. The van der Waals surface area contributed by atoms with Crippen LogP contribution < -0.4 is 24.4 Å². The van der Waals surface area contributed by atoms with Crippen LogP contribution in [0.3, 0.4) is 0 Å². The average molecular weight is 558 g/mol. The van der Waals surface area contributed by atoms with Gasteiger partial charge in [0.05, 0.1) is 18.7 Å². The molecule has 2 amide bonds. The molecule has 11 heteroatoms. The van der Waals surface area contributed by atoms with Crippen molar-refractivity contribution >= 4 is 28.5 Å². The molecule has 212 valence electrons. The molecule has 1 fully saturated rings. The molecule has 2 aliphatic heterocycles. The molecular formula is C30H31N5O6. The summed E-state index contributed by atoms with van der Waals surface area (Å²) in [5.74, 6) is 1.03. The second-order valence-electron chi connectivity index (χ2n) is 9.88. The minimum Gasteiger partial charge on any atom is -0.497 e. The van der Waals surface area contributed by atoms with Crippen LogP contribution in [0.5, 0.6) is 17.2 Å². The predicted octanol–water partition coefficient (Wildman–Crippen LogP) is 3.28. The topological polar surface area (TPSA) is 117 Å². The number of hydrogen-bond donors (Lipinski definition) is 1. The molecule has 41 heavy (non-hydrogen) atoms. The monoisotopic (exact) mass is 557 g/mol. The van der Waals surface area contributed by atoms with Gasteiger partial charge in [-0.15, -0.1) is 5.10 Å². The van der Waals surface area contributed by atoms with Gasteiger partial charge in [0.15, 0.2) is 11.5 Å². The zero-order valence-electron chi connectivity index (χ0n) is 22.7. The van der Waals surface area contributed by atoms with E-state index >= 15 is 0 Å². The Bertz CT molecular complexity index is 1530. The average Bonchev–Trinajstić information content (AvgIpc) is 3.69. The maximum absolute atomic E-state index is 14.3. The number of aromatic nitrogens is 3. The van der Waals surface area contributed by atoms with Crippen molar-refractivity contribution in [3.8, 4) is 17.2 Å². The summed E-state index contributed by atoms with van der Waals surface area (Å²) in [6.45, 7) is 1.72. The molecule has 3 aromatic carbocycles. The van der Waals surface area contributed by atoms with Gasteiger partial charge < -0.3 is 24.3 Å². The van der Waals surface area contributed by atoms with E-state index in [1.807, 2.05) is 24.3 Å². The lowest BCUT2D eigenvalue weighted by molar-refractivity contribution is -0.127. The van der Waals surface area contributed by atoms with E-state index in [0.29, 0.717) is 65.9 Å². The number of amides is 2. The Hall–Kier alpha value is -4.64. The lowest BCUT2D eigenvalue weighted by atomic mass is 10.0. The largest absolute Gasteiger partial charge is 0.497 e. The third-order valence-electron chi connectivity index (χ3n) is 7.24. The summed E-state index contributed by atoms with van der Waals surface area (Å²) in [4.78, 5) is 29.7. The third kappa shape index (κ3) is 5.66. The smallest absolute Gasteiger partial charge is 0.249 e. The van der Waals surface area contributed by atoms with Crippen LogP contribution in [0.15, 0.2) is 66.7 Å². The van der Waals surface area contributed by atoms with Gasteiger partial charge in [-0.1, -0.05) is 29.5 Å². The molecule has 1 N–H and O–H groups in total. The van der Waals surface area contributed by atoms with Crippen molar-refractivity contribution < 1.29 is 28.5 Å². The number of anilines is 1. The van der Waals surface area contributed by atoms with E-state index < -0.39 is 6.04 Å². The van der Waals surface area contributed by atoms with Crippen LogP contribution in [0.25, 0.3) is 11.0 Å². The lowest BCUT2D eigenvalue weighted by Crippen LogP contribution is -2.46. The van der Waals surface area contributed by atoms with Gasteiger partial charge in [-0.25, -0.2) is 4.68 Å². The van der Waals surface area contributed by atoms with Crippen molar-refractivity contribution in [2.75, 3.05) is 38.4 Å². The first-order chi connectivity index (χ1) is 20.1. The highest BCUT2D eigenvalue weighted by Crippen LogP contribution is 2.37.